The predicted octanol–water partition coefficient (Wildman–Crippen LogP) is 5.16. The predicted molar refractivity (Wildman–Crippen MR) is 84.3 cm³/mol. The summed E-state index contributed by atoms with van der Waals surface area (Å²) in [5.74, 6) is 0.466. The second-order valence-corrected chi connectivity index (χ2v) is 5.77. The molecular weight excluding hydrogens is 343 g/mol. The molecule has 1 nitrogen and oxygen atoms in total. The van der Waals surface area contributed by atoms with E-state index >= 15 is 0 Å². The smallest absolute Gasteiger partial charge is 0.168 e. The van der Waals surface area contributed by atoms with Crippen LogP contribution in [0, 0.1) is 5.82 Å². The topological polar surface area (TPSA) is 9.23 Å². The average molecular weight is 358 g/mol. The van der Waals surface area contributed by atoms with Crippen LogP contribution in [0.1, 0.15) is 17.0 Å². The highest BCUT2D eigenvalue weighted by molar-refractivity contribution is 9.10. The Balaban J connectivity index is 2.27. The van der Waals surface area contributed by atoms with Crippen LogP contribution in [-0.4, -0.2) is 13.0 Å². The molecule has 0 amide bonds. The number of halogens is 3. The minimum absolute atomic E-state index is 0.0655. The molecule has 0 aliphatic heterocycles. The first-order valence-corrected chi connectivity index (χ1v) is 7.61. The molecule has 106 valence electrons. The Morgan fingerprint density at radius 3 is 2.65 bits per heavy atom. The molecule has 20 heavy (non-hydrogen) atoms. The Labute approximate surface area is 131 Å². The van der Waals surface area contributed by atoms with Gasteiger partial charge in [0.05, 0.1) is 7.11 Å². The Morgan fingerprint density at radius 2 is 2.00 bits per heavy atom. The van der Waals surface area contributed by atoms with Crippen LogP contribution in [0.25, 0.3) is 0 Å². The molecule has 0 bridgehead atoms. The molecule has 0 saturated carbocycles. The molecule has 0 spiro atoms. The SMILES string of the molecule is COc1cccc(CC(CCl)c2cccc(Br)c2)c1F. The Morgan fingerprint density at radius 1 is 1.25 bits per heavy atom. The first kappa shape index (κ1) is 15.3. The monoisotopic (exact) mass is 356 g/mol. The lowest BCUT2D eigenvalue weighted by atomic mass is 9.93. The summed E-state index contributed by atoms with van der Waals surface area (Å²) in [5, 5.41) is 0. The molecule has 0 aliphatic rings. The molecule has 0 aromatic heterocycles. The van der Waals surface area contributed by atoms with Crippen LogP contribution >= 0.6 is 27.5 Å². The molecular formula is C16H15BrClFO. The first-order chi connectivity index (χ1) is 9.65. The fourth-order valence-electron chi connectivity index (χ4n) is 2.16. The summed E-state index contributed by atoms with van der Waals surface area (Å²) >= 11 is 9.51. The van der Waals surface area contributed by atoms with E-state index in [4.69, 9.17) is 16.3 Å². The van der Waals surface area contributed by atoms with Gasteiger partial charge in [0.2, 0.25) is 0 Å². The highest BCUT2D eigenvalue weighted by atomic mass is 79.9. The van der Waals surface area contributed by atoms with Crippen LogP contribution in [0.5, 0.6) is 5.75 Å². The van der Waals surface area contributed by atoms with Crippen LogP contribution < -0.4 is 4.74 Å². The van der Waals surface area contributed by atoms with Crippen molar-refractivity contribution in [2.75, 3.05) is 13.0 Å². The Hall–Kier alpha value is -1.06. The van der Waals surface area contributed by atoms with E-state index in [2.05, 4.69) is 15.9 Å². The van der Waals surface area contributed by atoms with E-state index in [9.17, 15) is 4.39 Å². The van der Waals surface area contributed by atoms with Crippen molar-refractivity contribution in [1.82, 2.24) is 0 Å². The van der Waals surface area contributed by atoms with Crippen molar-refractivity contribution in [1.29, 1.82) is 0 Å². The summed E-state index contributed by atoms with van der Waals surface area (Å²) in [6, 6.07) is 13.1. The Kier molecular flexibility index (Phi) is 5.44. The van der Waals surface area contributed by atoms with E-state index < -0.39 is 0 Å². The zero-order chi connectivity index (χ0) is 14.5. The average Bonchev–Trinajstić information content (AvgIpc) is 2.46. The van der Waals surface area contributed by atoms with Crippen molar-refractivity contribution < 1.29 is 9.13 Å². The first-order valence-electron chi connectivity index (χ1n) is 6.28. The summed E-state index contributed by atoms with van der Waals surface area (Å²) in [4.78, 5) is 0. The molecule has 1 unspecified atom stereocenters. The van der Waals surface area contributed by atoms with Gasteiger partial charge in [0.15, 0.2) is 11.6 Å². The van der Waals surface area contributed by atoms with Gasteiger partial charge >= 0.3 is 0 Å². The molecule has 0 fully saturated rings. The van der Waals surface area contributed by atoms with E-state index in [1.807, 2.05) is 24.3 Å². The number of ether oxygens (including phenoxy) is 1. The standard InChI is InChI=1S/C16H15BrClFO/c1-20-15-7-3-5-12(16(15)19)8-13(10-18)11-4-2-6-14(17)9-11/h2-7,9,13H,8,10H2,1H3. The van der Waals surface area contributed by atoms with Gasteiger partial charge in [-0.3, -0.25) is 0 Å². The van der Waals surface area contributed by atoms with Crippen LogP contribution in [0.2, 0.25) is 0 Å². The summed E-state index contributed by atoms with van der Waals surface area (Å²) in [6.45, 7) is 0. The minimum Gasteiger partial charge on any atom is -0.494 e. The van der Waals surface area contributed by atoms with Crippen molar-refractivity contribution in [3.63, 3.8) is 0 Å². The zero-order valence-corrected chi connectivity index (χ0v) is 13.4. The van der Waals surface area contributed by atoms with Gasteiger partial charge in [-0.15, -0.1) is 11.6 Å². The third-order valence-electron chi connectivity index (χ3n) is 3.24. The van der Waals surface area contributed by atoms with E-state index in [0.29, 0.717) is 17.9 Å². The van der Waals surface area contributed by atoms with Crippen LogP contribution in [0.3, 0.4) is 0 Å². The van der Waals surface area contributed by atoms with Crippen molar-refractivity contribution in [2.45, 2.75) is 12.3 Å². The maximum atomic E-state index is 14.2. The zero-order valence-electron chi connectivity index (χ0n) is 11.1. The minimum atomic E-state index is -0.305. The van der Waals surface area contributed by atoms with E-state index in [1.54, 1.807) is 18.2 Å². The molecule has 0 N–H and O–H groups in total. The number of methoxy groups -OCH3 is 1. The van der Waals surface area contributed by atoms with Gasteiger partial charge in [0, 0.05) is 16.3 Å². The molecule has 4 heteroatoms. The van der Waals surface area contributed by atoms with Gasteiger partial charge < -0.3 is 4.74 Å². The second-order valence-electron chi connectivity index (χ2n) is 4.54. The van der Waals surface area contributed by atoms with Crippen molar-refractivity contribution in [2.24, 2.45) is 0 Å². The lowest BCUT2D eigenvalue weighted by Gasteiger charge is -2.16. The number of hydrogen-bond donors (Lipinski definition) is 0. The molecule has 1 atom stereocenters. The summed E-state index contributed by atoms with van der Waals surface area (Å²) in [5.41, 5.74) is 1.71. The molecule has 0 aliphatic carbocycles. The van der Waals surface area contributed by atoms with Gasteiger partial charge in [-0.05, 0) is 35.7 Å². The summed E-state index contributed by atoms with van der Waals surface area (Å²) in [6.07, 6.45) is 0.545. The number of alkyl halides is 1. The highest BCUT2D eigenvalue weighted by Crippen LogP contribution is 2.28. The maximum absolute atomic E-state index is 14.2. The van der Waals surface area contributed by atoms with Crippen molar-refractivity contribution in [3.8, 4) is 5.75 Å². The van der Waals surface area contributed by atoms with Crippen molar-refractivity contribution in [3.05, 3.63) is 63.9 Å². The third kappa shape index (κ3) is 3.53. The quantitative estimate of drug-likeness (QED) is 0.671. The fourth-order valence-corrected chi connectivity index (χ4v) is 2.86. The van der Waals surface area contributed by atoms with Gasteiger partial charge in [-0.2, -0.15) is 0 Å². The molecule has 2 aromatic rings. The van der Waals surface area contributed by atoms with Gasteiger partial charge in [-0.1, -0.05) is 40.2 Å². The van der Waals surface area contributed by atoms with Crippen LogP contribution in [0.15, 0.2) is 46.9 Å². The van der Waals surface area contributed by atoms with E-state index in [1.165, 1.54) is 7.11 Å². The summed E-state index contributed by atoms with van der Waals surface area (Å²) < 4.78 is 20.2. The molecule has 0 saturated heterocycles. The molecule has 2 rings (SSSR count). The van der Waals surface area contributed by atoms with E-state index in [0.717, 1.165) is 10.0 Å². The van der Waals surface area contributed by atoms with Gasteiger partial charge in [0.1, 0.15) is 0 Å². The molecule has 2 aromatic carbocycles. The van der Waals surface area contributed by atoms with E-state index in [-0.39, 0.29) is 17.5 Å². The van der Waals surface area contributed by atoms with Crippen LogP contribution in [0.4, 0.5) is 4.39 Å². The number of benzene rings is 2. The van der Waals surface area contributed by atoms with Gasteiger partial charge in [-0.25, -0.2) is 4.39 Å². The normalized spacial score (nSPS) is 12.2. The van der Waals surface area contributed by atoms with Crippen molar-refractivity contribution >= 4 is 27.5 Å². The number of hydrogen-bond acceptors (Lipinski definition) is 1. The highest BCUT2D eigenvalue weighted by Gasteiger charge is 2.16. The van der Waals surface area contributed by atoms with Crippen LogP contribution in [-0.2, 0) is 6.42 Å². The molecule has 0 heterocycles. The summed E-state index contributed by atoms with van der Waals surface area (Å²) in [7, 11) is 1.47. The lowest BCUT2D eigenvalue weighted by Crippen LogP contribution is -2.07. The second kappa shape index (κ2) is 7.09. The fraction of sp³-hybridized carbons (Fsp3) is 0.250. The Bertz CT molecular complexity index is 588. The van der Waals surface area contributed by atoms with Gasteiger partial charge in [0.25, 0.3) is 0 Å². The third-order valence-corrected chi connectivity index (χ3v) is 4.10. The maximum Gasteiger partial charge on any atom is 0.168 e. The lowest BCUT2D eigenvalue weighted by molar-refractivity contribution is 0.383. The number of rotatable bonds is 5. The largest absolute Gasteiger partial charge is 0.494 e. The molecule has 0 radical (unpaired) electrons.